The predicted octanol–water partition coefficient (Wildman–Crippen LogP) is 3.20. The van der Waals surface area contributed by atoms with Gasteiger partial charge in [0.15, 0.2) is 5.65 Å². The van der Waals surface area contributed by atoms with Crippen molar-refractivity contribution in [2.45, 2.75) is 33.2 Å². The van der Waals surface area contributed by atoms with Crippen molar-refractivity contribution in [2.24, 2.45) is 0 Å². The summed E-state index contributed by atoms with van der Waals surface area (Å²) in [5, 5.41) is 16.8. The number of nitrogens with zero attached hydrogens (tertiary/aromatic N) is 3. The Hall–Kier alpha value is -3.22. The van der Waals surface area contributed by atoms with E-state index in [9.17, 15) is 9.59 Å². The molecule has 0 aliphatic carbocycles. The second-order valence-electron chi connectivity index (χ2n) is 6.46. The number of hydrogen-bond donors (Lipinski definition) is 2. The number of fused-ring (bicyclic) bond motifs is 1. The normalized spacial score (nSPS) is 11.1. The molecule has 2 aromatic heterocycles. The number of amides is 1. The molecule has 2 N–H and O–H groups in total. The van der Waals surface area contributed by atoms with Gasteiger partial charge >= 0.3 is 5.97 Å². The van der Waals surface area contributed by atoms with E-state index in [0.29, 0.717) is 27.8 Å². The molecular weight excluding hydrogens is 332 g/mol. The van der Waals surface area contributed by atoms with E-state index < -0.39 is 5.97 Å². The Balaban J connectivity index is 1.94. The van der Waals surface area contributed by atoms with Gasteiger partial charge in [0.1, 0.15) is 0 Å². The lowest BCUT2D eigenvalue weighted by molar-refractivity contribution is -0.136. The summed E-state index contributed by atoms with van der Waals surface area (Å²) in [6, 6.07) is 8.68. The SMILES string of the molecule is Cc1cc(C(=O)Nc2cccc(CC(=O)O)c2)c2cnn(C(C)C)c2n1. The number of aryl methyl sites for hydroxylation is 1. The zero-order valence-electron chi connectivity index (χ0n) is 14.9. The molecule has 1 aromatic carbocycles. The molecule has 0 fully saturated rings. The highest BCUT2D eigenvalue weighted by Crippen LogP contribution is 2.22. The van der Waals surface area contributed by atoms with E-state index in [2.05, 4.69) is 15.4 Å². The second kappa shape index (κ2) is 6.95. The Labute approximate surface area is 150 Å². The van der Waals surface area contributed by atoms with Crippen LogP contribution in [0.5, 0.6) is 0 Å². The first-order valence-electron chi connectivity index (χ1n) is 8.32. The molecule has 134 valence electrons. The lowest BCUT2D eigenvalue weighted by atomic mass is 10.1. The van der Waals surface area contributed by atoms with Crippen LogP contribution in [0.1, 0.15) is 41.5 Å². The number of anilines is 1. The van der Waals surface area contributed by atoms with Crippen molar-refractivity contribution in [3.63, 3.8) is 0 Å². The molecular formula is C19H20N4O3. The van der Waals surface area contributed by atoms with E-state index in [-0.39, 0.29) is 18.4 Å². The third kappa shape index (κ3) is 3.56. The van der Waals surface area contributed by atoms with Crippen molar-refractivity contribution in [1.82, 2.24) is 14.8 Å². The summed E-state index contributed by atoms with van der Waals surface area (Å²) in [4.78, 5) is 28.2. The number of pyridine rings is 1. The van der Waals surface area contributed by atoms with E-state index in [0.717, 1.165) is 5.69 Å². The van der Waals surface area contributed by atoms with Gasteiger partial charge in [-0.3, -0.25) is 9.59 Å². The van der Waals surface area contributed by atoms with E-state index in [1.807, 2.05) is 20.8 Å². The Kier molecular flexibility index (Phi) is 4.71. The highest BCUT2D eigenvalue weighted by molar-refractivity contribution is 6.12. The van der Waals surface area contributed by atoms with Gasteiger partial charge in [0.25, 0.3) is 5.91 Å². The first-order chi connectivity index (χ1) is 12.3. The minimum absolute atomic E-state index is 0.0938. The summed E-state index contributed by atoms with van der Waals surface area (Å²) >= 11 is 0. The molecule has 0 saturated carbocycles. The van der Waals surface area contributed by atoms with Crippen LogP contribution in [0.4, 0.5) is 5.69 Å². The fourth-order valence-electron chi connectivity index (χ4n) is 2.84. The summed E-state index contributed by atoms with van der Waals surface area (Å²) in [6.07, 6.45) is 1.56. The molecule has 0 bridgehead atoms. The zero-order chi connectivity index (χ0) is 18.8. The first kappa shape index (κ1) is 17.6. The van der Waals surface area contributed by atoms with Crippen LogP contribution in [-0.4, -0.2) is 31.7 Å². The smallest absolute Gasteiger partial charge is 0.307 e. The molecule has 0 spiro atoms. The van der Waals surface area contributed by atoms with Gasteiger partial charge in [0.05, 0.1) is 23.6 Å². The highest BCUT2D eigenvalue weighted by atomic mass is 16.4. The van der Waals surface area contributed by atoms with E-state index in [4.69, 9.17) is 5.11 Å². The van der Waals surface area contributed by atoms with Crippen molar-refractivity contribution in [1.29, 1.82) is 0 Å². The molecule has 0 aliphatic rings. The summed E-state index contributed by atoms with van der Waals surface area (Å²) in [5.74, 6) is -1.20. The van der Waals surface area contributed by atoms with Crippen molar-refractivity contribution in [3.8, 4) is 0 Å². The Morgan fingerprint density at radius 3 is 2.73 bits per heavy atom. The maximum absolute atomic E-state index is 12.8. The van der Waals surface area contributed by atoms with Crippen LogP contribution < -0.4 is 5.32 Å². The quantitative estimate of drug-likeness (QED) is 0.735. The molecule has 1 amide bonds. The first-order valence-corrected chi connectivity index (χ1v) is 8.32. The number of carboxylic acid groups (broad SMARTS) is 1. The largest absolute Gasteiger partial charge is 0.481 e. The molecule has 0 radical (unpaired) electrons. The molecule has 0 saturated heterocycles. The van der Waals surface area contributed by atoms with Crippen LogP contribution in [0.2, 0.25) is 0 Å². The lowest BCUT2D eigenvalue weighted by Gasteiger charge is -2.10. The molecule has 26 heavy (non-hydrogen) atoms. The van der Waals surface area contributed by atoms with Crippen LogP contribution in [0.25, 0.3) is 11.0 Å². The van der Waals surface area contributed by atoms with Crippen LogP contribution in [0.3, 0.4) is 0 Å². The summed E-state index contributed by atoms with van der Waals surface area (Å²) in [6.45, 7) is 5.84. The average molecular weight is 352 g/mol. The third-order valence-corrected chi connectivity index (χ3v) is 3.97. The number of benzene rings is 1. The number of aromatic nitrogens is 3. The fourth-order valence-corrected chi connectivity index (χ4v) is 2.84. The van der Waals surface area contributed by atoms with Gasteiger partial charge in [0, 0.05) is 17.4 Å². The molecule has 7 heteroatoms. The van der Waals surface area contributed by atoms with Crippen LogP contribution >= 0.6 is 0 Å². The molecule has 0 atom stereocenters. The molecule has 3 rings (SSSR count). The molecule has 0 unspecified atom stereocenters. The van der Waals surface area contributed by atoms with Crippen molar-refractivity contribution < 1.29 is 14.7 Å². The van der Waals surface area contributed by atoms with Gasteiger partial charge in [-0.1, -0.05) is 12.1 Å². The van der Waals surface area contributed by atoms with Crippen molar-refractivity contribution >= 4 is 28.6 Å². The number of aliphatic carboxylic acids is 1. The van der Waals surface area contributed by atoms with Gasteiger partial charge in [-0.15, -0.1) is 0 Å². The third-order valence-electron chi connectivity index (χ3n) is 3.97. The topological polar surface area (TPSA) is 97.1 Å². The lowest BCUT2D eigenvalue weighted by Crippen LogP contribution is -2.14. The van der Waals surface area contributed by atoms with Gasteiger partial charge in [-0.2, -0.15) is 5.10 Å². The maximum Gasteiger partial charge on any atom is 0.307 e. The Morgan fingerprint density at radius 2 is 2.04 bits per heavy atom. The molecule has 2 heterocycles. The summed E-state index contributed by atoms with van der Waals surface area (Å²) in [5.41, 5.74) is 3.06. The minimum Gasteiger partial charge on any atom is -0.481 e. The zero-order valence-corrected chi connectivity index (χ0v) is 14.9. The van der Waals surface area contributed by atoms with Crippen molar-refractivity contribution in [3.05, 3.63) is 53.3 Å². The Morgan fingerprint density at radius 1 is 1.27 bits per heavy atom. The summed E-state index contributed by atoms with van der Waals surface area (Å²) < 4.78 is 1.78. The standard InChI is InChI=1S/C19H20N4O3/c1-11(2)23-18-16(10-20-23)15(7-12(3)21-18)19(26)22-14-6-4-5-13(8-14)9-17(24)25/h4-8,10-11H,9H2,1-3H3,(H,22,26)(H,24,25). The predicted molar refractivity (Wildman–Crippen MR) is 98.4 cm³/mol. The van der Waals surface area contributed by atoms with E-state index in [1.165, 1.54) is 0 Å². The number of rotatable bonds is 5. The highest BCUT2D eigenvalue weighted by Gasteiger charge is 2.17. The van der Waals surface area contributed by atoms with E-state index in [1.54, 1.807) is 41.2 Å². The van der Waals surface area contributed by atoms with E-state index >= 15 is 0 Å². The monoisotopic (exact) mass is 352 g/mol. The van der Waals surface area contributed by atoms with Crippen molar-refractivity contribution in [2.75, 3.05) is 5.32 Å². The number of nitrogens with one attached hydrogen (secondary N) is 1. The van der Waals surface area contributed by atoms with Gasteiger partial charge in [0.2, 0.25) is 0 Å². The average Bonchev–Trinajstić information content (AvgIpc) is 2.97. The van der Waals surface area contributed by atoms with Crippen LogP contribution in [0, 0.1) is 6.92 Å². The van der Waals surface area contributed by atoms with Crippen LogP contribution in [0.15, 0.2) is 36.5 Å². The number of hydrogen-bond acceptors (Lipinski definition) is 4. The summed E-state index contributed by atoms with van der Waals surface area (Å²) in [7, 11) is 0. The van der Waals surface area contributed by atoms with Gasteiger partial charge < -0.3 is 10.4 Å². The minimum atomic E-state index is -0.916. The molecule has 0 aliphatic heterocycles. The molecule has 7 nitrogen and oxygen atoms in total. The second-order valence-corrected chi connectivity index (χ2v) is 6.46. The fraction of sp³-hybridized carbons (Fsp3) is 0.263. The maximum atomic E-state index is 12.8. The number of carboxylic acids is 1. The van der Waals surface area contributed by atoms with Gasteiger partial charge in [-0.25, -0.2) is 9.67 Å². The van der Waals surface area contributed by atoms with Crippen LogP contribution in [-0.2, 0) is 11.2 Å². The molecule has 3 aromatic rings. The Bertz CT molecular complexity index is 992. The number of carbonyl (C=O) groups excluding carboxylic acids is 1. The number of carbonyl (C=O) groups is 2. The van der Waals surface area contributed by atoms with Gasteiger partial charge in [-0.05, 0) is 44.5 Å².